The molecule has 0 amide bonds. The first-order valence-electron chi connectivity index (χ1n) is 8.29. The second-order valence-electron chi connectivity index (χ2n) is 7.10. The molecule has 0 unspecified atom stereocenters. The van der Waals surface area contributed by atoms with Gasteiger partial charge in [-0.15, -0.1) is 24.0 Å². The molecule has 7 heteroatoms. The first-order valence-corrected chi connectivity index (χ1v) is 9.94. The number of nitrogens with one attached hydrogen (secondary N) is 2. The molecule has 0 atom stereocenters. The van der Waals surface area contributed by atoms with Crippen molar-refractivity contribution in [3.63, 3.8) is 0 Å². The molecule has 0 aliphatic heterocycles. The molecule has 1 aromatic rings. The summed E-state index contributed by atoms with van der Waals surface area (Å²) in [7, 11) is -1.43. The highest BCUT2D eigenvalue weighted by Crippen LogP contribution is 2.15. The zero-order valence-electron chi connectivity index (χ0n) is 16.1. The lowest BCUT2D eigenvalue weighted by molar-refractivity contribution is 0.559. The number of hydrogen-bond donors (Lipinski definition) is 2. The van der Waals surface area contributed by atoms with Gasteiger partial charge in [0.25, 0.3) is 0 Å². The highest BCUT2D eigenvalue weighted by atomic mass is 127. The fourth-order valence-electron chi connectivity index (χ4n) is 2.37. The van der Waals surface area contributed by atoms with Gasteiger partial charge in [0.05, 0.1) is 10.5 Å². The standard InChI is InChI=1S/C18H31N3O2S.HI/c1-14-11-15(2)13-16(12-14)7-8-20-17(19-6)21-9-10-24(22,23)18(3,4)5;/h11-13H,7-10H2,1-6H3,(H2,19,20,21);1H. The highest BCUT2D eigenvalue weighted by molar-refractivity contribution is 14.0. The van der Waals surface area contributed by atoms with Crippen LogP contribution in [-0.4, -0.2) is 45.0 Å². The van der Waals surface area contributed by atoms with Gasteiger partial charge in [0.1, 0.15) is 0 Å². The fourth-order valence-corrected chi connectivity index (χ4v) is 3.35. The largest absolute Gasteiger partial charge is 0.356 e. The number of sulfone groups is 1. The predicted molar refractivity (Wildman–Crippen MR) is 118 cm³/mol. The van der Waals surface area contributed by atoms with Gasteiger partial charge in [-0.05, 0) is 46.6 Å². The van der Waals surface area contributed by atoms with E-state index in [-0.39, 0.29) is 29.7 Å². The summed E-state index contributed by atoms with van der Waals surface area (Å²) in [6.07, 6.45) is 0.892. The van der Waals surface area contributed by atoms with Crippen molar-refractivity contribution in [2.45, 2.75) is 45.8 Å². The van der Waals surface area contributed by atoms with Crippen molar-refractivity contribution in [3.05, 3.63) is 34.9 Å². The predicted octanol–water partition coefficient (Wildman–Crippen LogP) is 2.84. The molecule has 0 heterocycles. The lowest BCUT2D eigenvalue weighted by atomic mass is 10.1. The van der Waals surface area contributed by atoms with Gasteiger partial charge >= 0.3 is 0 Å². The molecule has 0 fully saturated rings. The van der Waals surface area contributed by atoms with Gasteiger partial charge in [-0.2, -0.15) is 0 Å². The van der Waals surface area contributed by atoms with Crippen LogP contribution in [0, 0.1) is 13.8 Å². The minimum atomic E-state index is -3.12. The number of hydrogen-bond acceptors (Lipinski definition) is 3. The van der Waals surface area contributed by atoms with Gasteiger partial charge in [0.15, 0.2) is 15.8 Å². The summed E-state index contributed by atoms with van der Waals surface area (Å²) in [5.41, 5.74) is 3.81. The molecule has 0 spiro atoms. The highest BCUT2D eigenvalue weighted by Gasteiger charge is 2.28. The summed E-state index contributed by atoms with van der Waals surface area (Å²) in [6, 6.07) is 6.52. The van der Waals surface area contributed by atoms with Crippen LogP contribution >= 0.6 is 24.0 Å². The number of nitrogens with zero attached hydrogens (tertiary/aromatic N) is 1. The number of aryl methyl sites for hydroxylation is 2. The van der Waals surface area contributed by atoms with Crippen molar-refractivity contribution in [1.82, 2.24) is 10.6 Å². The number of guanidine groups is 1. The Morgan fingerprint density at radius 3 is 2.04 bits per heavy atom. The summed E-state index contributed by atoms with van der Waals surface area (Å²) >= 11 is 0. The van der Waals surface area contributed by atoms with E-state index in [0.717, 1.165) is 13.0 Å². The maximum Gasteiger partial charge on any atom is 0.191 e. The maximum atomic E-state index is 12.1. The summed E-state index contributed by atoms with van der Waals surface area (Å²) in [4.78, 5) is 4.14. The smallest absolute Gasteiger partial charge is 0.191 e. The Balaban J connectivity index is 0.00000576. The van der Waals surface area contributed by atoms with Crippen molar-refractivity contribution >= 4 is 39.8 Å². The van der Waals surface area contributed by atoms with Gasteiger partial charge in [-0.1, -0.05) is 29.3 Å². The van der Waals surface area contributed by atoms with Gasteiger partial charge in [-0.3, -0.25) is 4.99 Å². The topological polar surface area (TPSA) is 70.6 Å². The molecule has 1 aromatic carbocycles. The number of benzene rings is 1. The van der Waals surface area contributed by atoms with E-state index >= 15 is 0 Å². The quantitative estimate of drug-likeness (QED) is 0.373. The molecular formula is C18H32IN3O2S. The third-order valence-electron chi connectivity index (χ3n) is 3.81. The zero-order valence-corrected chi connectivity index (χ0v) is 19.3. The molecule has 2 N–H and O–H groups in total. The number of halogens is 1. The number of rotatable bonds is 6. The molecule has 5 nitrogen and oxygen atoms in total. The average Bonchev–Trinajstić information content (AvgIpc) is 2.43. The second-order valence-corrected chi connectivity index (χ2v) is 9.97. The minimum absolute atomic E-state index is 0. The van der Waals surface area contributed by atoms with Crippen LogP contribution in [0.4, 0.5) is 0 Å². The van der Waals surface area contributed by atoms with E-state index in [9.17, 15) is 8.42 Å². The van der Waals surface area contributed by atoms with Gasteiger partial charge in [0.2, 0.25) is 0 Å². The van der Waals surface area contributed by atoms with E-state index < -0.39 is 14.6 Å². The monoisotopic (exact) mass is 481 g/mol. The Morgan fingerprint density at radius 1 is 1.04 bits per heavy atom. The lowest BCUT2D eigenvalue weighted by Gasteiger charge is -2.19. The third-order valence-corrected chi connectivity index (χ3v) is 6.42. The average molecular weight is 481 g/mol. The fraction of sp³-hybridized carbons (Fsp3) is 0.611. The van der Waals surface area contributed by atoms with Crippen molar-refractivity contribution in [3.8, 4) is 0 Å². The zero-order chi connectivity index (χ0) is 18.4. The van der Waals surface area contributed by atoms with Crippen molar-refractivity contribution in [2.24, 2.45) is 4.99 Å². The Labute approximate surface area is 170 Å². The Hall–Kier alpha value is -0.830. The Morgan fingerprint density at radius 2 is 1.56 bits per heavy atom. The minimum Gasteiger partial charge on any atom is -0.356 e. The van der Waals surface area contributed by atoms with E-state index in [1.165, 1.54) is 16.7 Å². The van der Waals surface area contributed by atoms with Crippen LogP contribution in [0.2, 0.25) is 0 Å². The molecule has 1 rings (SSSR count). The summed E-state index contributed by atoms with van der Waals surface area (Å²) in [5, 5.41) is 6.29. The molecule has 25 heavy (non-hydrogen) atoms. The van der Waals surface area contributed by atoms with Crippen LogP contribution < -0.4 is 10.6 Å². The van der Waals surface area contributed by atoms with Crippen LogP contribution in [0.25, 0.3) is 0 Å². The van der Waals surface area contributed by atoms with E-state index in [4.69, 9.17) is 0 Å². The molecule has 0 aromatic heterocycles. The van der Waals surface area contributed by atoms with Crippen LogP contribution in [-0.2, 0) is 16.3 Å². The maximum absolute atomic E-state index is 12.1. The van der Waals surface area contributed by atoms with Gasteiger partial charge < -0.3 is 10.6 Å². The first-order chi connectivity index (χ1) is 11.0. The van der Waals surface area contributed by atoms with Crippen LogP contribution in [0.1, 0.15) is 37.5 Å². The SMILES string of the molecule is CN=C(NCCc1cc(C)cc(C)c1)NCCS(=O)(=O)C(C)(C)C.I. The molecule has 144 valence electrons. The normalized spacial score (nSPS) is 12.5. The van der Waals surface area contributed by atoms with Crippen molar-refractivity contribution in [2.75, 3.05) is 25.9 Å². The van der Waals surface area contributed by atoms with E-state index in [0.29, 0.717) is 12.5 Å². The molecule has 0 radical (unpaired) electrons. The lowest BCUT2D eigenvalue weighted by Crippen LogP contribution is -2.42. The summed E-state index contributed by atoms with van der Waals surface area (Å²) in [6.45, 7) is 10.5. The summed E-state index contributed by atoms with van der Waals surface area (Å²) in [5.74, 6) is 0.720. The van der Waals surface area contributed by atoms with Gasteiger partial charge in [-0.25, -0.2) is 8.42 Å². The molecule has 0 saturated heterocycles. The molecule has 0 saturated carbocycles. The van der Waals surface area contributed by atoms with Gasteiger partial charge in [0, 0.05) is 20.1 Å². The molecular weight excluding hydrogens is 449 g/mol. The van der Waals surface area contributed by atoms with E-state index in [1.54, 1.807) is 27.8 Å². The molecule has 0 aliphatic rings. The van der Waals surface area contributed by atoms with Crippen LogP contribution in [0.15, 0.2) is 23.2 Å². The third kappa shape index (κ3) is 8.40. The van der Waals surface area contributed by atoms with Crippen molar-refractivity contribution < 1.29 is 8.42 Å². The number of aliphatic imine (C=N–C) groups is 1. The van der Waals surface area contributed by atoms with E-state index in [1.807, 2.05) is 0 Å². The Kier molecular flexibility index (Phi) is 10.0. The Bertz CT molecular complexity index is 660. The van der Waals surface area contributed by atoms with Crippen LogP contribution in [0.5, 0.6) is 0 Å². The van der Waals surface area contributed by atoms with Crippen molar-refractivity contribution in [1.29, 1.82) is 0 Å². The first kappa shape index (κ1) is 24.2. The second kappa shape index (κ2) is 10.4. The molecule has 0 aliphatic carbocycles. The molecule has 0 bridgehead atoms. The van der Waals surface area contributed by atoms with Crippen LogP contribution in [0.3, 0.4) is 0 Å². The summed E-state index contributed by atoms with van der Waals surface area (Å²) < 4.78 is 23.4. The van der Waals surface area contributed by atoms with E-state index in [2.05, 4.69) is 47.7 Å².